The van der Waals surface area contributed by atoms with Crippen LogP contribution in [0, 0.1) is 35.5 Å². The van der Waals surface area contributed by atoms with Crippen molar-refractivity contribution in [2.75, 3.05) is 0 Å². The molecule has 3 aliphatic carbocycles. The molecule has 3 saturated carbocycles. The molecule has 3 fully saturated rings. The van der Waals surface area contributed by atoms with E-state index in [1.54, 1.807) is 6.92 Å². The summed E-state index contributed by atoms with van der Waals surface area (Å²) in [5, 5.41) is 0. The number of hydrogen-bond donors (Lipinski definition) is 0. The van der Waals surface area contributed by atoms with Crippen LogP contribution in [0.25, 0.3) is 0 Å². The Morgan fingerprint density at radius 3 is 2.48 bits per heavy atom. The largest absolute Gasteiger partial charge is 0.519 e. The minimum Gasteiger partial charge on any atom is -0.453 e. The second-order valence-electron chi connectivity index (χ2n) is 9.38. The van der Waals surface area contributed by atoms with Gasteiger partial charge in [0, 0.05) is 5.92 Å². The fourth-order valence-electron chi connectivity index (χ4n) is 6.77. The van der Waals surface area contributed by atoms with Crippen LogP contribution in [0.4, 0.5) is 0 Å². The molecule has 0 aromatic carbocycles. The lowest BCUT2D eigenvalue weighted by Crippen LogP contribution is -2.47. The maximum absolute atomic E-state index is 12.6. The molecule has 138 valence electrons. The first-order chi connectivity index (χ1) is 11.6. The van der Waals surface area contributed by atoms with E-state index in [0.29, 0.717) is 17.3 Å². The van der Waals surface area contributed by atoms with E-state index < -0.39 is 17.4 Å². The normalized spacial score (nSPS) is 41.6. The zero-order valence-electron chi connectivity index (χ0n) is 15.8. The van der Waals surface area contributed by atoms with Crippen LogP contribution in [0.2, 0.25) is 0 Å². The second-order valence-corrected chi connectivity index (χ2v) is 9.38. The van der Waals surface area contributed by atoms with Gasteiger partial charge in [0.05, 0.1) is 0 Å². The summed E-state index contributed by atoms with van der Waals surface area (Å²) in [7, 11) is 0. The van der Waals surface area contributed by atoms with Crippen molar-refractivity contribution in [1.82, 2.24) is 0 Å². The van der Waals surface area contributed by atoms with Crippen molar-refractivity contribution in [3.05, 3.63) is 22.1 Å². The van der Waals surface area contributed by atoms with Crippen LogP contribution < -0.4 is 5.82 Å². The fraction of sp³-hybridized carbons (Fsp3) is 0.800. The van der Waals surface area contributed by atoms with E-state index in [1.807, 2.05) is 0 Å². The first-order valence-corrected chi connectivity index (χ1v) is 9.44. The molecule has 0 radical (unpaired) electrons. The number of esters is 1. The average molecular weight is 348 g/mol. The molecule has 1 spiro atoms. The molecular weight excluding hydrogens is 320 g/mol. The maximum Gasteiger partial charge on any atom is 0.519 e. The third-order valence-electron chi connectivity index (χ3n) is 8.02. The number of aryl methyl sites for hydroxylation is 1. The average Bonchev–Trinajstić information content (AvgIpc) is 3.08. The van der Waals surface area contributed by atoms with Crippen molar-refractivity contribution in [3.8, 4) is 0 Å². The summed E-state index contributed by atoms with van der Waals surface area (Å²) in [6.45, 7) is 10.7. The van der Waals surface area contributed by atoms with Crippen LogP contribution >= 0.6 is 0 Å². The number of hydrogen-bond acceptors (Lipinski definition) is 5. The molecule has 5 nitrogen and oxygen atoms in total. The second kappa shape index (κ2) is 5.01. The van der Waals surface area contributed by atoms with Crippen LogP contribution in [0.3, 0.4) is 0 Å². The maximum atomic E-state index is 12.6. The van der Waals surface area contributed by atoms with Crippen LogP contribution in [-0.4, -0.2) is 11.6 Å². The van der Waals surface area contributed by atoms with Crippen LogP contribution in [0.5, 0.6) is 0 Å². The first kappa shape index (κ1) is 16.9. The molecule has 4 rings (SSSR count). The Hall–Kier alpha value is -1.52. The van der Waals surface area contributed by atoms with Gasteiger partial charge >= 0.3 is 11.8 Å². The van der Waals surface area contributed by atoms with Gasteiger partial charge in [-0.3, -0.25) is 0 Å². The van der Waals surface area contributed by atoms with Gasteiger partial charge in [0.2, 0.25) is 0 Å². The van der Waals surface area contributed by atoms with E-state index in [9.17, 15) is 9.59 Å². The van der Waals surface area contributed by atoms with Gasteiger partial charge < -0.3 is 13.6 Å². The van der Waals surface area contributed by atoms with Crippen LogP contribution in [0.15, 0.2) is 13.6 Å². The summed E-state index contributed by atoms with van der Waals surface area (Å²) in [6, 6.07) is 0. The molecular formula is C20H28O5. The van der Waals surface area contributed by atoms with E-state index >= 15 is 0 Å². The van der Waals surface area contributed by atoms with Gasteiger partial charge in [-0.25, -0.2) is 9.59 Å². The monoisotopic (exact) mass is 348 g/mol. The van der Waals surface area contributed by atoms with Crippen molar-refractivity contribution < 1.29 is 18.4 Å². The van der Waals surface area contributed by atoms with E-state index in [0.717, 1.165) is 25.2 Å². The molecule has 5 heteroatoms. The van der Waals surface area contributed by atoms with Gasteiger partial charge in [0.25, 0.3) is 5.76 Å². The van der Waals surface area contributed by atoms with Crippen molar-refractivity contribution in [1.29, 1.82) is 0 Å². The Bertz CT molecular complexity index is 771. The molecule has 2 bridgehead atoms. The summed E-state index contributed by atoms with van der Waals surface area (Å²) in [5.41, 5.74) is 0.0267. The summed E-state index contributed by atoms with van der Waals surface area (Å²) in [6.07, 6.45) is 5.71. The standard InChI is InChI=1S/C20H28O5/c1-11-6-7-13-18(3,4)14-10-20(11,13)9-8-19(14,5)25-16(21)15-12(2)23-17(22)24-15/h11,13-14H,6-10H2,1-5H3/t11-,13+,14-,19-,20+/m1/s1. The minimum atomic E-state index is -0.859. The van der Waals surface area contributed by atoms with Crippen molar-refractivity contribution in [2.24, 2.45) is 28.6 Å². The Kier molecular flexibility index (Phi) is 3.39. The molecule has 0 saturated heterocycles. The highest BCUT2D eigenvalue weighted by Gasteiger charge is 2.69. The molecule has 0 amide bonds. The summed E-state index contributed by atoms with van der Waals surface area (Å²) in [5.74, 6) is 0.414. The van der Waals surface area contributed by atoms with Gasteiger partial charge in [0.15, 0.2) is 5.76 Å². The summed E-state index contributed by atoms with van der Waals surface area (Å²) in [4.78, 5) is 23.9. The van der Waals surface area contributed by atoms with E-state index in [-0.39, 0.29) is 16.9 Å². The minimum absolute atomic E-state index is 0.101. The van der Waals surface area contributed by atoms with E-state index in [1.165, 1.54) is 12.8 Å². The highest BCUT2D eigenvalue weighted by molar-refractivity contribution is 5.87. The Morgan fingerprint density at radius 2 is 1.84 bits per heavy atom. The van der Waals surface area contributed by atoms with Gasteiger partial charge in [-0.2, -0.15) is 0 Å². The highest BCUT2D eigenvalue weighted by Crippen LogP contribution is 2.73. The van der Waals surface area contributed by atoms with E-state index in [4.69, 9.17) is 13.6 Å². The predicted molar refractivity (Wildman–Crippen MR) is 91.2 cm³/mol. The smallest absolute Gasteiger partial charge is 0.453 e. The summed E-state index contributed by atoms with van der Waals surface area (Å²) < 4.78 is 15.7. The third-order valence-corrected chi connectivity index (χ3v) is 8.02. The number of fused-ring (bicyclic) bond motifs is 1. The molecule has 0 N–H and O–H groups in total. The van der Waals surface area contributed by atoms with Crippen molar-refractivity contribution in [2.45, 2.75) is 72.3 Å². The number of carbonyl (C=O) groups is 1. The Morgan fingerprint density at radius 1 is 1.12 bits per heavy atom. The van der Waals surface area contributed by atoms with Crippen molar-refractivity contribution >= 4 is 5.97 Å². The van der Waals surface area contributed by atoms with Gasteiger partial charge in [0.1, 0.15) is 5.60 Å². The van der Waals surface area contributed by atoms with Gasteiger partial charge in [-0.15, -0.1) is 0 Å². The lowest BCUT2D eigenvalue weighted by atomic mass is 9.64. The Labute approximate surface area is 148 Å². The summed E-state index contributed by atoms with van der Waals surface area (Å²) >= 11 is 0. The zero-order valence-corrected chi connectivity index (χ0v) is 15.8. The predicted octanol–water partition coefficient (Wildman–Crippen LogP) is 4.33. The van der Waals surface area contributed by atoms with Crippen molar-refractivity contribution in [3.63, 3.8) is 0 Å². The van der Waals surface area contributed by atoms with Crippen LogP contribution in [0.1, 0.15) is 76.1 Å². The lowest BCUT2D eigenvalue weighted by molar-refractivity contribution is -0.0898. The number of ether oxygens (including phenoxy) is 1. The molecule has 1 heterocycles. The number of rotatable bonds is 2. The number of carbonyl (C=O) groups excluding carboxylic acids is 1. The topological polar surface area (TPSA) is 69.7 Å². The lowest BCUT2D eigenvalue weighted by Gasteiger charge is -2.46. The molecule has 5 atom stereocenters. The van der Waals surface area contributed by atoms with Gasteiger partial charge in [-0.1, -0.05) is 20.8 Å². The highest BCUT2D eigenvalue weighted by atomic mass is 16.6. The molecule has 0 aliphatic heterocycles. The molecule has 1 aromatic rings. The molecule has 3 aliphatic rings. The van der Waals surface area contributed by atoms with E-state index in [2.05, 4.69) is 27.7 Å². The quantitative estimate of drug-likeness (QED) is 0.744. The Balaban J connectivity index is 1.64. The van der Waals surface area contributed by atoms with Crippen LogP contribution in [-0.2, 0) is 4.74 Å². The molecule has 0 unspecified atom stereocenters. The third kappa shape index (κ3) is 2.13. The SMILES string of the molecule is Cc1oc(=O)oc1C(=O)O[C@]1(C)CC[C@@]23C[C@@H]1C(C)(C)[C@@H]2CC[C@H]3C. The fourth-order valence-corrected chi connectivity index (χ4v) is 6.77. The first-order valence-electron chi connectivity index (χ1n) is 9.44. The molecule has 1 aromatic heterocycles. The zero-order chi connectivity index (χ0) is 18.2. The van der Waals surface area contributed by atoms with Gasteiger partial charge in [-0.05, 0) is 68.6 Å². The molecule has 25 heavy (non-hydrogen) atoms.